The molecule has 0 fully saturated rings. The third-order valence-electron chi connectivity index (χ3n) is 19.8. The van der Waals surface area contributed by atoms with Crippen LogP contribution in [0, 0.1) is 20.8 Å². The smallest absolute Gasteiger partial charge is 0.252 e. The van der Waals surface area contributed by atoms with Gasteiger partial charge >= 0.3 is 0 Å². The molecule has 3 heterocycles. The predicted molar refractivity (Wildman–Crippen MR) is 341 cm³/mol. The molecule has 2 aliphatic heterocycles. The number of furan rings is 1. The summed E-state index contributed by atoms with van der Waals surface area (Å²) in [7, 11) is 0. The number of nitrogens with zero attached hydrogens (tertiary/aromatic N) is 2. The SMILES string of the molecule is Cc1cc(C)c(-c2cc3c4c(c2)N(c2ccc(C(C)(C)C)cc2-c2ccccc2)c2c(ccc5c2oc2cc(C(C)(C)C)ccc25)B4c2cc4c(cc2N3c2ccc3c(c2)C(C)(C)CCC3(C)C)C(C)(C)CCC4(C)C)c(C)c1. The summed E-state index contributed by atoms with van der Waals surface area (Å²) in [5, 5.41) is 2.29. The molecule has 0 saturated carbocycles. The van der Waals surface area contributed by atoms with E-state index in [0.717, 1.165) is 52.6 Å². The summed E-state index contributed by atoms with van der Waals surface area (Å²) in [6.07, 6.45) is 4.62. The summed E-state index contributed by atoms with van der Waals surface area (Å²) in [6.45, 7) is 40.5. The van der Waals surface area contributed by atoms with Gasteiger partial charge in [-0.15, -0.1) is 0 Å². The number of hydrogen-bond acceptors (Lipinski definition) is 3. The zero-order valence-corrected chi connectivity index (χ0v) is 50.4. The van der Waals surface area contributed by atoms with Gasteiger partial charge in [0.05, 0.1) is 11.4 Å². The molecule has 0 radical (unpaired) electrons. The molecule has 400 valence electrons. The summed E-state index contributed by atoms with van der Waals surface area (Å²) in [4.78, 5) is 5.38. The van der Waals surface area contributed by atoms with Crippen LogP contribution in [0.3, 0.4) is 0 Å². The highest BCUT2D eigenvalue weighted by atomic mass is 16.3. The van der Waals surface area contributed by atoms with E-state index in [-0.39, 0.29) is 39.2 Å². The van der Waals surface area contributed by atoms with Gasteiger partial charge < -0.3 is 14.2 Å². The zero-order valence-electron chi connectivity index (χ0n) is 50.4. The second-order valence-corrected chi connectivity index (χ2v) is 29.3. The van der Waals surface area contributed by atoms with E-state index in [1.54, 1.807) is 0 Å². The zero-order chi connectivity index (χ0) is 55.8. The van der Waals surface area contributed by atoms with Gasteiger partial charge in [0.1, 0.15) is 5.58 Å². The molecule has 13 rings (SSSR count). The molecule has 9 aromatic rings. The van der Waals surface area contributed by atoms with Gasteiger partial charge in [-0.1, -0.05) is 187 Å². The van der Waals surface area contributed by atoms with Crippen molar-refractivity contribution >= 4 is 79.2 Å². The Hall–Kier alpha value is -6.78. The minimum Gasteiger partial charge on any atom is -0.454 e. The predicted octanol–water partition coefficient (Wildman–Crippen LogP) is 19.2. The van der Waals surface area contributed by atoms with E-state index in [1.807, 2.05) is 0 Å². The van der Waals surface area contributed by atoms with Crippen molar-refractivity contribution in [1.82, 2.24) is 0 Å². The molecule has 0 N–H and O–H groups in total. The van der Waals surface area contributed by atoms with E-state index in [1.165, 1.54) is 118 Å². The van der Waals surface area contributed by atoms with Gasteiger partial charge in [0.2, 0.25) is 0 Å². The van der Waals surface area contributed by atoms with E-state index in [0.29, 0.717) is 0 Å². The molecule has 0 bridgehead atoms. The summed E-state index contributed by atoms with van der Waals surface area (Å²) < 4.78 is 7.55. The van der Waals surface area contributed by atoms with Crippen LogP contribution in [-0.2, 0) is 32.5 Å². The van der Waals surface area contributed by atoms with Crippen molar-refractivity contribution in [1.29, 1.82) is 0 Å². The van der Waals surface area contributed by atoms with Gasteiger partial charge in [-0.3, -0.25) is 0 Å². The van der Waals surface area contributed by atoms with Crippen molar-refractivity contribution < 1.29 is 4.42 Å². The first-order valence-electron chi connectivity index (χ1n) is 29.5. The van der Waals surface area contributed by atoms with E-state index >= 15 is 0 Å². The van der Waals surface area contributed by atoms with Gasteiger partial charge in [-0.05, 0) is 205 Å². The second kappa shape index (κ2) is 17.1. The maximum absolute atomic E-state index is 7.55. The molecule has 0 spiro atoms. The van der Waals surface area contributed by atoms with E-state index < -0.39 is 0 Å². The molecule has 0 unspecified atom stereocenters. The van der Waals surface area contributed by atoms with Crippen LogP contribution in [0.15, 0.2) is 138 Å². The second-order valence-electron chi connectivity index (χ2n) is 29.3. The Bertz CT molecular complexity index is 4010. The third-order valence-corrected chi connectivity index (χ3v) is 19.8. The maximum Gasteiger partial charge on any atom is 0.252 e. The summed E-state index contributed by atoms with van der Waals surface area (Å²) >= 11 is 0. The Morgan fingerprint density at radius 3 is 1.65 bits per heavy atom. The van der Waals surface area contributed by atoms with Gasteiger partial charge in [0.15, 0.2) is 5.58 Å². The molecule has 4 heteroatoms. The number of rotatable bonds is 4. The summed E-state index contributed by atoms with van der Waals surface area (Å²) in [5.74, 6) is 0. The van der Waals surface area contributed by atoms with Crippen LogP contribution < -0.4 is 26.2 Å². The Labute approximate surface area is 472 Å². The number of fused-ring (bicyclic) bond motifs is 10. The molecule has 79 heavy (non-hydrogen) atoms. The minimum absolute atomic E-state index is 0.00248. The van der Waals surface area contributed by atoms with Crippen LogP contribution in [0.4, 0.5) is 34.1 Å². The molecular weight excluding hydrogens is 956 g/mol. The first kappa shape index (κ1) is 51.6. The first-order valence-corrected chi connectivity index (χ1v) is 29.5. The highest BCUT2D eigenvalue weighted by molar-refractivity contribution is 7.00. The lowest BCUT2D eigenvalue weighted by atomic mass is 9.33. The Balaban J connectivity index is 1.23. The van der Waals surface area contributed by atoms with E-state index in [9.17, 15) is 0 Å². The number of aryl methyl sites for hydroxylation is 3. The topological polar surface area (TPSA) is 19.6 Å². The molecule has 0 atom stereocenters. The monoisotopic (exact) mass is 1040 g/mol. The maximum atomic E-state index is 7.55. The average molecular weight is 1040 g/mol. The number of hydrogen-bond donors (Lipinski definition) is 0. The van der Waals surface area contributed by atoms with Crippen molar-refractivity contribution in [3.8, 4) is 22.3 Å². The first-order chi connectivity index (χ1) is 37.1. The molecule has 8 aromatic carbocycles. The van der Waals surface area contributed by atoms with Gasteiger partial charge in [-0.25, -0.2) is 0 Å². The van der Waals surface area contributed by atoms with Crippen LogP contribution in [-0.4, -0.2) is 6.71 Å². The lowest BCUT2D eigenvalue weighted by Gasteiger charge is -2.48. The number of benzene rings is 8. The molecule has 2 aliphatic carbocycles. The van der Waals surface area contributed by atoms with Crippen molar-refractivity contribution in [3.05, 3.63) is 184 Å². The normalized spacial score (nSPS) is 17.6. The van der Waals surface area contributed by atoms with Crippen LogP contribution in [0.1, 0.15) is 173 Å². The standard InChI is InChI=1S/C75H81BN2O/c1-44-35-45(2)66(46(3)36-44)48-37-63-67-64(38-48)78(61-30-24-49(70(4,5)6)39-54(61)47-21-19-18-20-22-47)68-59(29-27-53-52-26-23-50(71(7,8)9)40-65(52)79-69(53)68)76(67)60-42-57-58(75(16,17)34-33-74(57,14)15)43-62(60)77(63)51-25-28-55-56(41-51)73(12,13)32-31-72(55,10)11/h18-30,35-43H,31-34H2,1-17H3. The molecular formula is C75H81BN2O. The fourth-order valence-corrected chi connectivity index (χ4v) is 14.9. The average Bonchev–Trinajstić information content (AvgIpc) is 3.05. The number of anilines is 6. The fraction of sp³-hybridized carbons (Fsp3) is 0.360. The van der Waals surface area contributed by atoms with Crippen LogP contribution in [0.25, 0.3) is 44.2 Å². The van der Waals surface area contributed by atoms with Crippen molar-refractivity contribution in [2.24, 2.45) is 0 Å². The quantitative estimate of drug-likeness (QED) is 0.164. The van der Waals surface area contributed by atoms with Crippen LogP contribution >= 0.6 is 0 Å². The Morgan fingerprint density at radius 1 is 0.456 bits per heavy atom. The largest absolute Gasteiger partial charge is 0.454 e. The minimum atomic E-state index is -0.104. The lowest BCUT2D eigenvalue weighted by molar-refractivity contribution is 0.332. The van der Waals surface area contributed by atoms with Crippen LogP contribution in [0.5, 0.6) is 0 Å². The van der Waals surface area contributed by atoms with Gasteiger partial charge in [-0.2, -0.15) is 0 Å². The molecule has 0 amide bonds. The molecule has 0 saturated heterocycles. The third kappa shape index (κ3) is 7.95. The highest BCUT2D eigenvalue weighted by Crippen LogP contribution is 2.55. The summed E-state index contributed by atoms with van der Waals surface area (Å²) in [6, 6.07) is 53.0. The van der Waals surface area contributed by atoms with E-state index in [4.69, 9.17) is 4.42 Å². The van der Waals surface area contributed by atoms with Gasteiger partial charge in [0, 0.05) is 39.1 Å². The van der Waals surface area contributed by atoms with Crippen molar-refractivity contribution in [2.45, 2.75) is 176 Å². The summed E-state index contributed by atoms with van der Waals surface area (Å²) in [5.41, 5.74) is 30.3. The molecule has 4 aliphatic rings. The highest BCUT2D eigenvalue weighted by Gasteiger charge is 2.49. The van der Waals surface area contributed by atoms with E-state index in [2.05, 4.69) is 261 Å². The van der Waals surface area contributed by atoms with Crippen molar-refractivity contribution in [2.75, 3.05) is 9.80 Å². The molecule has 3 nitrogen and oxygen atoms in total. The lowest BCUT2D eigenvalue weighted by Crippen LogP contribution is -2.62. The fourth-order valence-electron chi connectivity index (χ4n) is 14.9. The molecule has 1 aromatic heterocycles. The Kier molecular flexibility index (Phi) is 11.2. The Morgan fingerprint density at radius 2 is 1.01 bits per heavy atom. The van der Waals surface area contributed by atoms with Crippen LogP contribution in [0.2, 0.25) is 0 Å². The van der Waals surface area contributed by atoms with Crippen molar-refractivity contribution in [3.63, 3.8) is 0 Å². The van der Waals surface area contributed by atoms with Gasteiger partial charge in [0.25, 0.3) is 6.71 Å².